The molecule has 0 aliphatic heterocycles. The SMILES string of the molecule is Cc1nccc2cc(C(=O)N(C)C34CC(F)(C3)C4)n(C)c12. The van der Waals surface area contributed by atoms with E-state index in [2.05, 4.69) is 4.98 Å². The quantitative estimate of drug-likeness (QED) is 0.851. The minimum atomic E-state index is -0.992. The number of fused-ring (bicyclic) bond motifs is 1. The monoisotopic (exact) mass is 287 g/mol. The Morgan fingerprint density at radius 2 is 2.10 bits per heavy atom. The van der Waals surface area contributed by atoms with Crippen molar-refractivity contribution in [2.24, 2.45) is 7.05 Å². The van der Waals surface area contributed by atoms with Crippen molar-refractivity contribution in [1.29, 1.82) is 0 Å². The zero-order chi connectivity index (χ0) is 15.0. The molecule has 0 N–H and O–H groups in total. The number of rotatable bonds is 2. The van der Waals surface area contributed by atoms with Gasteiger partial charge in [0.2, 0.25) is 0 Å². The highest BCUT2D eigenvalue weighted by Crippen LogP contribution is 2.65. The van der Waals surface area contributed by atoms with Crippen molar-refractivity contribution in [3.8, 4) is 0 Å². The van der Waals surface area contributed by atoms with Crippen LogP contribution in [0.2, 0.25) is 0 Å². The normalized spacial score (nSPS) is 29.9. The van der Waals surface area contributed by atoms with Crippen LogP contribution in [-0.2, 0) is 7.05 Å². The van der Waals surface area contributed by atoms with E-state index < -0.39 is 5.67 Å². The van der Waals surface area contributed by atoms with Gasteiger partial charge in [-0.1, -0.05) is 0 Å². The molecule has 2 heterocycles. The Kier molecular flexibility index (Phi) is 2.22. The van der Waals surface area contributed by atoms with Gasteiger partial charge in [-0.15, -0.1) is 0 Å². The van der Waals surface area contributed by atoms with E-state index in [0.29, 0.717) is 25.0 Å². The summed E-state index contributed by atoms with van der Waals surface area (Å²) in [4.78, 5) is 18.8. The molecular formula is C16H18FN3O. The van der Waals surface area contributed by atoms with E-state index in [0.717, 1.165) is 16.6 Å². The fraction of sp³-hybridized carbons (Fsp3) is 0.500. The molecule has 2 aromatic heterocycles. The number of nitrogens with zero attached hydrogens (tertiary/aromatic N) is 3. The lowest BCUT2D eigenvalue weighted by molar-refractivity contribution is -0.207. The van der Waals surface area contributed by atoms with E-state index in [9.17, 15) is 9.18 Å². The summed E-state index contributed by atoms with van der Waals surface area (Å²) < 4.78 is 15.6. The number of carbonyl (C=O) groups is 1. The Labute approximate surface area is 122 Å². The number of halogens is 1. The minimum absolute atomic E-state index is 0.0325. The fourth-order valence-corrected chi connectivity index (χ4v) is 4.06. The molecule has 0 unspecified atom stereocenters. The Morgan fingerprint density at radius 1 is 1.43 bits per heavy atom. The van der Waals surface area contributed by atoms with Gasteiger partial charge in [-0.2, -0.15) is 0 Å². The van der Waals surface area contributed by atoms with Crippen LogP contribution in [0, 0.1) is 6.92 Å². The van der Waals surface area contributed by atoms with Crippen LogP contribution < -0.4 is 0 Å². The fourth-order valence-electron chi connectivity index (χ4n) is 4.06. The number of carbonyl (C=O) groups excluding carboxylic acids is 1. The zero-order valence-electron chi connectivity index (χ0n) is 12.5. The van der Waals surface area contributed by atoms with Gasteiger partial charge in [0, 0.05) is 44.9 Å². The number of aromatic nitrogens is 2. The van der Waals surface area contributed by atoms with Crippen LogP contribution in [0.4, 0.5) is 4.39 Å². The molecule has 0 radical (unpaired) electrons. The standard InChI is InChI=1S/C16H18FN3O/c1-10-13-11(4-5-18-10)6-12(19(13)2)14(21)20(3)16-7-15(17,8-16)9-16/h4-6H,7-9H2,1-3H3. The Balaban J connectivity index is 1.72. The molecule has 0 atom stereocenters. The van der Waals surface area contributed by atoms with Crippen molar-refractivity contribution >= 4 is 16.8 Å². The van der Waals surface area contributed by atoms with Crippen molar-refractivity contribution in [1.82, 2.24) is 14.5 Å². The smallest absolute Gasteiger partial charge is 0.270 e. The van der Waals surface area contributed by atoms with Crippen LogP contribution in [0.3, 0.4) is 0 Å². The molecule has 1 amide bonds. The summed E-state index contributed by atoms with van der Waals surface area (Å²) in [5, 5.41) is 1.02. The first-order valence-corrected chi connectivity index (χ1v) is 7.23. The average molecular weight is 287 g/mol. The van der Waals surface area contributed by atoms with E-state index in [1.54, 1.807) is 18.1 Å². The first-order valence-electron chi connectivity index (χ1n) is 7.23. The lowest BCUT2D eigenvalue weighted by atomic mass is 9.47. The summed E-state index contributed by atoms with van der Waals surface area (Å²) in [6, 6.07) is 3.82. The van der Waals surface area contributed by atoms with Crippen LogP contribution in [0.25, 0.3) is 10.9 Å². The van der Waals surface area contributed by atoms with Crippen molar-refractivity contribution in [3.05, 3.63) is 29.7 Å². The lowest BCUT2D eigenvalue weighted by Crippen LogP contribution is -2.76. The van der Waals surface area contributed by atoms with Crippen LogP contribution in [0.15, 0.2) is 18.3 Å². The van der Waals surface area contributed by atoms with Gasteiger partial charge in [0.25, 0.3) is 5.91 Å². The largest absolute Gasteiger partial charge is 0.338 e. The third kappa shape index (κ3) is 1.49. The van der Waals surface area contributed by atoms with E-state index >= 15 is 0 Å². The van der Waals surface area contributed by atoms with Crippen LogP contribution in [0.1, 0.15) is 35.4 Å². The molecule has 0 spiro atoms. The molecule has 21 heavy (non-hydrogen) atoms. The molecule has 3 aliphatic rings. The van der Waals surface area contributed by atoms with Crippen molar-refractivity contribution in [2.45, 2.75) is 37.4 Å². The van der Waals surface area contributed by atoms with E-state index in [-0.39, 0.29) is 11.4 Å². The van der Waals surface area contributed by atoms with Gasteiger partial charge in [0.15, 0.2) is 0 Å². The summed E-state index contributed by atoms with van der Waals surface area (Å²) in [6.07, 6.45) is 3.23. The summed E-state index contributed by atoms with van der Waals surface area (Å²) in [5.41, 5.74) is 1.30. The molecule has 0 saturated heterocycles. The minimum Gasteiger partial charge on any atom is -0.338 e. The lowest BCUT2D eigenvalue weighted by Gasteiger charge is -2.68. The zero-order valence-corrected chi connectivity index (χ0v) is 12.5. The Morgan fingerprint density at radius 3 is 2.67 bits per heavy atom. The van der Waals surface area contributed by atoms with Gasteiger partial charge in [0.1, 0.15) is 11.4 Å². The Bertz CT molecular complexity index is 759. The van der Waals surface area contributed by atoms with E-state index in [1.165, 1.54) is 0 Å². The molecular weight excluding hydrogens is 269 g/mol. The molecule has 2 aromatic rings. The summed E-state index contributed by atoms with van der Waals surface area (Å²) in [6.45, 7) is 1.94. The molecule has 3 aliphatic carbocycles. The van der Waals surface area contributed by atoms with Crippen molar-refractivity contribution in [2.75, 3.05) is 7.05 Å². The van der Waals surface area contributed by atoms with Crippen molar-refractivity contribution < 1.29 is 9.18 Å². The predicted molar refractivity (Wildman–Crippen MR) is 78.0 cm³/mol. The van der Waals surface area contributed by atoms with Crippen molar-refractivity contribution in [3.63, 3.8) is 0 Å². The number of hydrogen-bond donors (Lipinski definition) is 0. The highest BCUT2D eigenvalue weighted by molar-refractivity contribution is 5.99. The maximum atomic E-state index is 13.7. The number of hydrogen-bond acceptors (Lipinski definition) is 2. The molecule has 3 saturated carbocycles. The number of amides is 1. The predicted octanol–water partition coefficient (Wildman–Crippen LogP) is 2.60. The number of aryl methyl sites for hydroxylation is 2. The maximum absolute atomic E-state index is 13.7. The highest BCUT2D eigenvalue weighted by Gasteiger charge is 2.71. The molecule has 0 aromatic carbocycles. The van der Waals surface area contributed by atoms with Gasteiger partial charge < -0.3 is 9.47 Å². The highest BCUT2D eigenvalue weighted by atomic mass is 19.1. The third-order valence-electron chi connectivity index (χ3n) is 5.30. The Hall–Kier alpha value is -1.91. The van der Waals surface area contributed by atoms with Gasteiger partial charge in [0.05, 0.1) is 16.7 Å². The van der Waals surface area contributed by atoms with Crippen LogP contribution in [-0.4, -0.2) is 38.6 Å². The molecule has 110 valence electrons. The van der Waals surface area contributed by atoms with Crippen LogP contribution >= 0.6 is 0 Å². The second-order valence-electron chi connectivity index (χ2n) is 6.69. The van der Waals surface area contributed by atoms with E-state index in [4.69, 9.17) is 0 Å². The molecule has 5 rings (SSSR count). The number of alkyl halides is 1. The van der Waals surface area contributed by atoms with Gasteiger partial charge in [-0.05, 0) is 19.1 Å². The topological polar surface area (TPSA) is 38.1 Å². The average Bonchev–Trinajstić information content (AvgIpc) is 2.71. The van der Waals surface area contributed by atoms with Crippen LogP contribution in [0.5, 0.6) is 0 Å². The first kappa shape index (κ1) is 12.8. The summed E-state index contributed by atoms with van der Waals surface area (Å²) >= 11 is 0. The van der Waals surface area contributed by atoms with E-state index in [1.807, 2.05) is 30.7 Å². The second-order valence-corrected chi connectivity index (χ2v) is 6.69. The third-order valence-corrected chi connectivity index (χ3v) is 5.30. The second kappa shape index (κ2) is 3.64. The molecule has 5 heteroatoms. The van der Waals surface area contributed by atoms with Gasteiger partial charge in [-0.25, -0.2) is 4.39 Å². The summed E-state index contributed by atoms with van der Waals surface area (Å²) in [5.74, 6) is -0.0325. The summed E-state index contributed by atoms with van der Waals surface area (Å²) in [7, 11) is 3.68. The first-order chi connectivity index (χ1) is 9.85. The number of pyridine rings is 1. The van der Waals surface area contributed by atoms with Gasteiger partial charge >= 0.3 is 0 Å². The van der Waals surface area contributed by atoms with Gasteiger partial charge in [-0.3, -0.25) is 9.78 Å². The molecule has 4 nitrogen and oxygen atoms in total. The molecule has 2 bridgehead atoms. The maximum Gasteiger partial charge on any atom is 0.270 e. The molecule has 3 fully saturated rings.